The van der Waals surface area contributed by atoms with E-state index in [0.717, 1.165) is 71.0 Å². The fourth-order valence-corrected chi connectivity index (χ4v) is 12.4. The number of carboxylic acids is 1. The molecule has 302 valence electrons. The normalized spacial score (nSPS) is 38.0. The van der Waals surface area contributed by atoms with Crippen LogP contribution in [0.1, 0.15) is 130 Å². The lowest BCUT2D eigenvalue weighted by molar-refractivity contribution is -0.202. The average Bonchev–Trinajstić information content (AvgIpc) is 3.11. The van der Waals surface area contributed by atoms with Gasteiger partial charge in [-0.2, -0.15) is 0 Å². The molecule has 54 heavy (non-hydrogen) atoms. The Balaban J connectivity index is 0.000000241. The Kier molecular flexibility index (Phi) is 11.8. The summed E-state index contributed by atoms with van der Waals surface area (Å²) in [5, 5.41) is 24.1. The summed E-state index contributed by atoms with van der Waals surface area (Å²) in [5.74, 6) is 0.272. The molecule has 5 N–H and O–H groups in total. The molecule has 4 saturated carbocycles. The summed E-state index contributed by atoms with van der Waals surface area (Å²) in [6.07, 6.45) is 9.95. The van der Waals surface area contributed by atoms with Crippen molar-refractivity contribution >= 4 is 34.9 Å². The number of anilines is 1. The number of aliphatic carboxylic acids is 1. The molecular formula is C44H68ClN3O6. The molecule has 0 radical (unpaired) electrons. The highest BCUT2D eigenvalue weighted by atomic mass is 35.5. The van der Waals surface area contributed by atoms with Crippen molar-refractivity contribution < 1.29 is 29.3 Å². The molecule has 0 heterocycles. The first-order valence-electron chi connectivity index (χ1n) is 20.4. The topological polar surface area (TPSA) is 142 Å². The Hall–Kier alpha value is -2.62. The maximum atomic E-state index is 14.2. The minimum Gasteiger partial charge on any atom is -0.496 e. The van der Waals surface area contributed by atoms with Crippen molar-refractivity contribution in [2.24, 2.45) is 50.2 Å². The van der Waals surface area contributed by atoms with Crippen molar-refractivity contribution in [3.63, 3.8) is 0 Å². The van der Waals surface area contributed by atoms with Crippen molar-refractivity contribution in [3.8, 4) is 5.75 Å². The Bertz CT molecular complexity index is 1660. The van der Waals surface area contributed by atoms with Crippen LogP contribution in [0, 0.1) is 50.2 Å². The molecule has 4 fully saturated rings. The van der Waals surface area contributed by atoms with Gasteiger partial charge in [0.15, 0.2) is 5.78 Å². The lowest BCUT2D eigenvalue weighted by Crippen LogP contribution is -2.66. The Morgan fingerprint density at radius 1 is 0.981 bits per heavy atom. The minimum atomic E-state index is -0.711. The monoisotopic (exact) mass is 769 g/mol. The number of likely N-dealkylation sites (N-methyl/N-ethyl adjacent to an activating group) is 1. The number of ketones is 1. The van der Waals surface area contributed by atoms with Gasteiger partial charge in [0, 0.05) is 25.1 Å². The largest absolute Gasteiger partial charge is 0.496 e. The van der Waals surface area contributed by atoms with Crippen LogP contribution < -0.4 is 15.8 Å². The van der Waals surface area contributed by atoms with E-state index in [4.69, 9.17) is 22.1 Å². The second-order valence-corrected chi connectivity index (χ2v) is 19.7. The van der Waals surface area contributed by atoms with Gasteiger partial charge in [-0.25, -0.2) is 0 Å². The molecule has 1 aromatic carbocycles. The number of nitrogens with zero attached hydrogens (tertiary/aromatic N) is 1. The van der Waals surface area contributed by atoms with Gasteiger partial charge in [0.25, 0.3) is 5.91 Å². The highest BCUT2D eigenvalue weighted by Gasteiger charge is 2.70. The molecule has 1 amide bonds. The molecule has 1 aromatic rings. The van der Waals surface area contributed by atoms with Crippen LogP contribution in [0.3, 0.4) is 0 Å². The number of halogens is 1. The zero-order valence-electron chi connectivity index (χ0n) is 34.7. The zero-order chi connectivity index (χ0) is 40.2. The van der Waals surface area contributed by atoms with E-state index in [9.17, 15) is 24.6 Å². The number of fused-ring (bicyclic) bond motifs is 7. The van der Waals surface area contributed by atoms with Gasteiger partial charge in [-0.3, -0.25) is 14.4 Å². The first-order valence-corrected chi connectivity index (χ1v) is 20.8. The third-order valence-electron chi connectivity index (χ3n) is 16.2. The lowest BCUT2D eigenvalue weighted by atomic mass is 9.33. The van der Waals surface area contributed by atoms with E-state index in [1.54, 1.807) is 6.07 Å². The molecule has 0 saturated heterocycles. The standard InChI is InChI=1S/C30H46O4.C14H22ClN3O2/c1-25(2)21-8-11-30(7)23(28(21,5)10-9-22(25)32)20(31)16-18-19-17-27(4,24(33)34)13-12-26(19,3)14-15-29(18,30)6;1-4-18(5-2)7-6-17-14(19)10-8-11(15)12(16)9-13(10)20-3/h16,19,21-23,32H,8-15,17H2,1-7H3,(H,33,34);8-9H,4-7,16H2,1-3H3,(H,17,19)/t19-,21-,22-,23+,26+,27-,28-,29+,30+;/m0./s1. The summed E-state index contributed by atoms with van der Waals surface area (Å²) in [7, 11) is 1.50. The van der Waals surface area contributed by atoms with E-state index in [0.29, 0.717) is 40.9 Å². The molecule has 6 rings (SSSR count). The molecule has 0 bridgehead atoms. The molecule has 5 aliphatic carbocycles. The quantitative estimate of drug-likeness (QED) is 0.193. The predicted molar refractivity (Wildman–Crippen MR) is 216 cm³/mol. The second kappa shape index (κ2) is 15.0. The van der Waals surface area contributed by atoms with E-state index in [1.165, 1.54) is 18.7 Å². The number of carboxylic acid groups (broad SMARTS) is 1. The zero-order valence-corrected chi connectivity index (χ0v) is 35.4. The molecule has 9 atom stereocenters. The fraction of sp³-hybridized carbons (Fsp3) is 0.750. The van der Waals surface area contributed by atoms with Crippen molar-refractivity contribution in [1.82, 2.24) is 10.2 Å². The van der Waals surface area contributed by atoms with E-state index in [1.807, 2.05) is 13.0 Å². The number of hydrogen-bond donors (Lipinski definition) is 4. The number of nitrogens with one attached hydrogen (secondary N) is 1. The summed E-state index contributed by atoms with van der Waals surface area (Å²) in [4.78, 5) is 40.8. The van der Waals surface area contributed by atoms with Crippen LogP contribution in [0.25, 0.3) is 0 Å². The molecule has 0 aromatic heterocycles. The molecular weight excluding hydrogens is 702 g/mol. The Labute approximate surface area is 329 Å². The van der Waals surface area contributed by atoms with Gasteiger partial charge in [0.05, 0.1) is 34.9 Å². The van der Waals surface area contributed by atoms with Crippen LogP contribution in [0.5, 0.6) is 5.75 Å². The number of ether oxygens (including phenoxy) is 1. The van der Waals surface area contributed by atoms with Gasteiger partial charge in [-0.1, -0.05) is 72.6 Å². The highest BCUT2D eigenvalue weighted by Crippen LogP contribution is 2.75. The molecule has 5 aliphatic rings. The minimum absolute atomic E-state index is 0.0296. The summed E-state index contributed by atoms with van der Waals surface area (Å²) < 4.78 is 5.16. The summed E-state index contributed by atoms with van der Waals surface area (Å²) in [5.41, 5.74) is 6.62. The van der Waals surface area contributed by atoms with Crippen LogP contribution in [-0.4, -0.2) is 72.2 Å². The molecule has 9 nitrogen and oxygen atoms in total. The van der Waals surface area contributed by atoms with E-state index < -0.39 is 11.4 Å². The Morgan fingerprint density at radius 2 is 1.63 bits per heavy atom. The molecule has 0 spiro atoms. The maximum Gasteiger partial charge on any atom is 0.309 e. The number of aliphatic hydroxyl groups excluding tert-OH is 1. The van der Waals surface area contributed by atoms with E-state index in [2.05, 4.69) is 65.6 Å². The van der Waals surface area contributed by atoms with Crippen molar-refractivity contribution in [2.75, 3.05) is 39.0 Å². The number of nitrogen functional groups attached to an aromatic ring is 1. The molecule has 0 unspecified atom stereocenters. The van der Waals surface area contributed by atoms with Gasteiger partial charge < -0.3 is 30.9 Å². The first kappa shape index (κ1) is 42.5. The van der Waals surface area contributed by atoms with E-state index >= 15 is 0 Å². The average molecular weight is 770 g/mol. The van der Waals surface area contributed by atoms with Crippen LogP contribution >= 0.6 is 11.6 Å². The van der Waals surface area contributed by atoms with Gasteiger partial charge >= 0.3 is 5.97 Å². The van der Waals surface area contributed by atoms with Gasteiger partial charge in [0.1, 0.15) is 5.75 Å². The van der Waals surface area contributed by atoms with Crippen molar-refractivity contribution in [3.05, 3.63) is 34.4 Å². The summed E-state index contributed by atoms with van der Waals surface area (Å²) in [6.45, 7) is 23.3. The van der Waals surface area contributed by atoms with Crippen LogP contribution in [0.15, 0.2) is 23.8 Å². The number of rotatable bonds is 8. The predicted octanol–water partition coefficient (Wildman–Crippen LogP) is 8.42. The van der Waals surface area contributed by atoms with E-state index in [-0.39, 0.29) is 56.7 Å². The van der Waals surface area contributed by atoms with Gasteiger partial charge in [0.2, 0.25) is 0 Å². The number of aliphatic hydroxyl groups is 1. The number of amides is 1. The summed E-state index contributed by atoms with van der Waals surface area (Å²) in [6, 6.07) is 3.09. The number of hydrogen-bond acceptors (Lipinski definition) is 7. The lowest BCUT2D eigenvalue weighted by Gasteiger charge is -2.70. The second-order valence-electron chi connectivity index (χ2n) is 19.3. The van der Waals surface area contributed by atoms with Crippen LogP contribution in [0.4, 0.5) is 5.69 Å². The third kappa shape index (κ3) is 6.90. The highest BCUT2D eigenvalue weighted by molar-refractivity contribution is 6.33. The summed E-state index contributed by atoms with van der Waals surface area (Å²) >= 11 is 5.95. The number of nitrogens with two attached hydrogens (primary N) is 1. The number of carbonyl (C=O) groups is 3. The fourth-order valence-electron chi connectivity index (χ4n) is 12.2. The number of allylic oxidation sites excluding steroid dienone is 2. The van der Waals surface area contributed by atoms with Crippen molar-refractivity contribution in [2.45, 2.75) is 126 Å². The Morgan fingerprint density at radius 3 is 2.24 bits per heavy atom. The number of methoxy groups -OCH3 is 1. The number of carbonyl (C=O) groups excluding carboxylic acids is 2. The van der Waals surface area contributed by atoms with Gasteiger partial charge in [-0.15, -0.1) is 0 Å². The van der Waals surface area contributed by atoms with Crippen molar-refractivity contribution in [1.29, 1.82) is 0 Å². The molecule has 0 aliphatic heterocycles. The SMILES string of the molecule is CC1(C)[C@@H](O)CC[C@]2(C)[C@H]3C(=O)C=C4[C@@H]5C[C@@](C)(C(=O)O)CC[C@]5(C)CC[C@@]4(C)[C@]3(C)CC[C@@H]12.CCN(CC)CCNC(=O)c1cc(Cl)c(N)cc1OC. The first-order chi connectivity index (χ1) is 25.1. The van der Waals surface area contributed by atoms with Crippen LogP contribution in [0.2, 0.25) is 5.02 Å². The molecule has 10 heteroatoms. The maximum absolute atomic E-state index is 14.2. The van der Waals surface area contributed by atoms with Crippen LogP contribution in [-0.2, 0) is 9.59 Å². The number of benzene rings is 1. The van der Waals surface area contributed by atoms with Gasteiger partial charge in [-0.05, 0) is 129 Å². The smallest absolute Gasteiger partial charge is 0.309 e. The third-order valence-corrected chi connectivity index (χ3v) is 16.6.